The number of benzene rings is 4. The van der Waals surface area contributed by atoms with Crippen molar-refractivity contribution in [1.29, 1.82) is 0 Å². The molecule has 9 heteroatoms. The van der Waals surface area contributed by atoms with Gasteiger partial charge < -0.3 is 14.2 Å². The lowest BCUT2D eigenvalue weighted by molar-refractivity contribution is 0.0763. The van der Waals surface area contributed by atoms with Gasteiger partial charge in [0.15, 0.2) is 0 Å². The van der Waals surface area contributed by atoms with Crippen LogP contribution in [0.4, 0.5) is 0 Å². The first-order valence-corrected chi connectivity index (χ1v) is 13.0. The lowest BCUT2D eigenvalue weighted by Crippen LogP contribution is -2.17. The van der Waals surface area contributed by atoms with Crippen LogP contribution in [0.3, 0.4) is 0 Å². The predicted molar refractivity (Wildman–Crippen MR) is 158 cm³/mol. The number of amides is 2. The first-order chi connectivity index (χ1) is 20.2. The molecular formula is C32H30N4O5. The van der Waals surface area contributed by atoms with Gasteiger partial charge in [-0.2, -0.15) is 10.2 Å². The first kappa shape index (κ1) is 28.7. The van der Waals surface area contributed by atoms with Gasteiger partial charge in [-0.25, -0.2) is 10.9 Å². The topological polar surface area (TPSA) is 111 Å². The Morgan fingerprint density at radius 2 is 0.927 bits per heavy atom. The molecule has 41 heavy (non-hydrogen) atoms. The van der Waals surface area contributed by atoms with Crippen molar-refractivity contribution in [3.63, 3.8) is 0 Å². The van der Waals surface area contributed by atoms with E-state index in [0.29, 0.717) is 49.1 Å². The summed E-state index contributed by atoms with van der Waals surface area (Å²) >= 11 is 0. The van der Waals surface area contributed by atoms with Gasteiger partial charge in [-0.3, -0.25) is 9.59 Å². The molecule has 4 aromatic rings. The van der Waals surface area contributed by atoms with Gasteiger partial charge in [0.05, 0.1) is 25.6 Å². The third kappa shape index (κ3) is 9.45. The second-order valence-electron chi connectivity index (χ2n) is 8.52. The van der Waals surface area contributed by atoms with Gasteiger partial charge in [0, 0.05) is 22.3 Å². The summed E-state index contributed by atoms with van der Waals surface area (Å²) < 4.78 is 17.3. The zero-order chi connectivity index (χ0) is 28.5. The number of carbonyl (C=O) groups is 2. The Hall–Kier alpha value is -5.28. The molecule has 0 unspecified atom stereocenters. The predicted octanol–water partition coefficient (Wildman–Crippen LogP) is 4.69. The van der Waals surface area contributed by atoms with Crippen LogP contribution >= 0.6 is 0 Å². The van der Waals surface area contributed by atoms with Crippen molar-refractivity contribution in [1.82, 2.24) is 10.9 Å². The van der Waals surface area contributed by atoms with Crippen LogP contribution in [0.15, 0.2) is 119 Å². The lowest BCUT2D eigenvalue weighted by Gasteiger charge is -2.11. The van der Waals surface area contributed by atoms with Crippen molar-refractivity contribution >= 4 is 24.2 Å². The summed E-state index contributed by atoms with van der Waals surface area (Å²) in [7, 11) is 0. The fourth-order valence-electron chi connectivity index (χ4n) is 3.59. The van der Waals surface area contributed by atoms with Crippen LogP contribution in [0.1, 0.15) is 31.8 Å². The number of hydrogen-bond acceptors (Lipinski definition) is 7. The van der Waals surface area contributed by atoms with E-state index in [0.717, 1.165) is 11.1 Å². The summed E-state index contributed by atoms with van der Waals surface area (Å²) in [5.41, 5.74) is 7.53. The number of para-hydroxylation sites is 2. The van der Waals surface area contributed by atoms with E-state index in [1.807, 2.05) is 60.7 Å². The molecule has 0 aliphatic rings. The average Bonchev–Trinajstić information content (AvgIpc) is 3.02. The van der Waals surface area contributed by atoms with Gasteiger partial charge >= 0.3 is 0 Å². The molecule has 9 nitrogen and oxygen atoms in total. The van der Waals surface area contributed by atoms with Gasteiger partial charge in [-0.1, -0.05) is 60.7 Å². The standard InChI is InChI=1S/C32H30N4O5/c37-31(25-11-3-1-4-12-25)35-33-23-27-15-7-9-17-29(27)40-21-19-39-20-22-41-30-18-10-8-16-28(30)24-34-36-32(38)26-13-5-2-6-14-26/h1-18,23-24H,19-22H2,(H,35,37)(H,36,38). The molecule has 0 fully saturated rings. The van der Waals surface area contributed by atoms with E-state index in [9.17, 15) is 9.59 Å². The van der Waals surface area contributed by atoms with Crippen molar-refractivity contribution in [3.8, 4) is 11.5 Å². The Balaban J connectivity index is 1.16. The molecule has 0 saturated heterocycles. The molecule has 2 amide bonds. The summed E-state index contributed by atoms with van der Waals surface area (Å²) in [5.74, 6) is 0.663. The van der Waals surface area contributed by atoms with Crippen molar-refractivity contribution < 1.29 is 23.8 Å². The lowest BCUT2D eigenvalue weighted by atomic mass is 10.2. The van der Waals surface area contributed by atoms with Crippen LogP contribution in [0, 0.1) is 0 Å². The van der Waals surface area contributed by atoms with Crippen molar-refractivity contribution in [2.45, 2.75) is 0 Å². The number of carbonyl (C=O) groups excluding carboxylic acids is 2. The maximum Gasteiger partial charge on any atom is 0.271 e. The second-order valence-corrected chi connectivity index (χ2v) is 8.52. The van der Waals surface area contributed by atoms with E-state index in [-0.39, 0.29) is 11.8 Å². The molecule has 0 aromatic heterocycles. The zero-order valence-corrected chi connectivity index (χ0v) is 22.3. The summed E-state index contributed by atoms with van der Waals surface area (Å²) in [6, 6.07) is 32.5. The fourth-order valence-corrected chi connectivity index (χ4v) is 3.59. The molecule has 0 heterocycles. The smallest absolute Gasteiger partial charge is 0.271 e. The van der Waals surface area contributed by atoms with E-state index >= 15 is 0 Å². The summed E-state index contributed by atoms with van der Waals surface area (Å²) in [6.45, 7) is 1.36. The minimum atomic E-state index is -0.291. The molecule has 0 aliphatic heterocycles. The van der Waals surface area contributed by atoms with E-state index in [2.05, 4.69) is 21.1 Å². The van der Waals surface area contributed by atoms with Gasteiger partial charge in [0.1, 0.15) is 24.7 Å². The van der Waals surface area contributed by atoms with E-state index in [4.69, 9.17) is 14.2 Å². The second kappa shape index (κ2) is 16.0. The molecular weight excluding hydrogens is 520 g/mol. The SMILES string of the molecule is O=C(NN=Cc1ccccc1OCCOCCOc1ccccc1C=NNC(=O)c1ccccc1)c1ccccc1. The number of nitrogens with zero attached hydrogens (tertiary/aromatic N) is 2. The van der Waals surface area contributed by atoms with E-state index in [1.54, 1.807) is 61.0 Å². The fraction of sp³-hybridized carbons (Fsp3) is 0.125. The Kier molecular flexibility index (Phi) is 11.2. The highest BCUT2D eigenvalue weighted by Gasteiger charge is 2.05. The van der Waals surface area contributed by atoms with E-state index < -0.39 is 0 Å². The number of nitrogens with one attached hydrogen (secondary N) is 2. The zero-order valence-electron chi connectivity index (χ0n) is 22.3. The molecule has 0 aliphatic carbocycles. The molecule has 0 radical (unpaired) electrons. The average molecular weight is 551 g/mol. The van der Waals surface area contributed by atoms with E-state index in [1.165, 1.54) is 0 Å². The summed E-state index contributed by atoms with van der Waals surface area (Å²) in [4.78, 5) is 24.3. The molecule has 4 rings (SSSR count). The molecule has 0 bridgehead atoms. The van der Waals surface area contributed by atoms with Gasteiger partial charge in [-0.15, -0.1) is 0 Å². The van der Waals surface area contributed by atoms with Gasteiger partial charge in [-0.05, 0) is 48.5 Å². The Morgan fingerprint density at radius 1 is 0.537 bits per heavy atom. The Morgan fingerprint density at radius 3 is 1.37 bits per heavy atom. The van der Waals surface area contributed by atoms with Crippen LogP contribution in [-0.4, -0.2) is 50.7 Å². The molecule has 4 aromatic carbocycles. The normalized spacial score (nSPS) is 10.9. The molecule has 0 spiro atoms. The number of rotatable bonds is 14. The van der Waals surface area contributed by atoms with Crippen LogP contribution in [0.25, 0.3) is 0 Å². The number of ether oxygens (including phenoxy) is 3. The van der Waals surface area contributed by atoms with Crippen molar-refractivity contribution in [2.75, 3.05) is 26.4 Å². The highest BCUT2D eigenvalue weighted by atomic mass is 16.5. The third-order valence-corrected chi connectivity index (χ3v) is 5.62. The van der Waals surface area contributed by atoms with Crippen LogP contribution in [0.5, 0.6) is 11.5 Å². The van der Waals surface area contributed by atoms with Gasteiger partial charge in [0.25, 0.3) is 11.8 Å². The van der Waals surface area contributed by atoms with Crippen molar-refractivity contribution in [2.24, 2.45) is 10.2 Å². The molecule has 0 atom stereocenters. The monoisotopic (exact) mass is 550 g/mol. The Labute approximate surface area is 238 Å². The summed E-state index contributed by atoms with van der Waals surface area (Å²) in [5, 5.41) is 8.08. The minimum absolute atomic E-state index is 0.291. The number of hydrogen-bond donors (Lipinski definition) is 2. The quantitative estimate of drug-likeness (QED) is 0.134. The number of hydrazone groups is 2. The highest BCUT2D eigenvalue weighted by molar-refractivity contribution is 5.95. The minimum Gasteiger partial charge on any atom is -0.491 e. The first-order valence-electron chi connectivity index (χ1n) is 13.0. The largest absolute Gasteiger partial charge is 0.491 e. The Bertz CT molecular complexity index is 1350. The van der Waals surface area contributed by atoms with Crippen LogP contribution in [0.2, 0.25) is 0 Å². The van der Waals surface area contributed by atoms with Crippen molar-refractivity contribution in [3.05, 3.63) is 131 Å². The maximum absolute atomic E-state index is 12.1. The maximum atomic E-state index is 12.1. The molecule has 2 N–H and O–H groups in total. The summed E-state index contributed by atoms with van der Waals surface area (Å²) in [6.07, 6.45) is 3.08. The van der Waals surface area contributed by atoms with Crippen LogP contribution in [-0.2, 0) is 4.74 Å². The molecule has 0 saturated carbocycles. The molecule has 208 valence electrons. The third-order valence-electron chi connectivity index (χ3n) is 5.62. The van der Waals surface area contributed by atoms with Gasteiger partial charge in [0.2, 0.25) is 0 Å². The van der Waals surface area contributed by atoms with Crippen LogP contribution < -0.4 is 20.3 Å². The highest BCUT2D eigenvalue weighted by Crippen LogP contribution is 2.17.